The zero-order valence-corrected chi connectivity index (χ0v) is 19.1. The van der Waals surface area contributed by atoms with Crippen LogP contribution >= 0.6 is 0 Å². The molecule has 0 heterocycles. The first kappa shape index (κ1) is 23.1. The Morgan fingerprint density at radius 3 is 2.29 bits per heavy atom. The van der Waals surface area contributed by atoms with Crippen molar-refractivity contribution in [3.63, 3.8) is 0 Å². The standard InChI is InChI=1S/C23H30N2O5S/c1-24(2)15-16-25(23(26)18-8-6-9-18)17-19-7-4-5-10-22(19)30-31(27,28)21-13-11-20(29-3)12-14-21/h4-5,7,10-14,18H,6,8-9,15-17H2,1-3H3. The summed E-state index contributed by atoms with van der Waals surface area (Å²) in [6, 6.07) is 13.0. The van der Waals surface area contributed by atoms with Gasteiger partial charge in [-0.2, -0.15) is 8.42 Å². The summed E-state index contributed by atoms with van der Waals surface area (Å²) in [5.74, 6) is 0.985. The SMILES string of the molecule is COc1ccc(S(=O)(=O)Oc2ccccc2CN(CCN(C)C)C(=O)C2CCC2)cc1. The first-order valence-electron chi connectivity index (χ1n) is 10.4. The Balaban J connectivity index is 1.80. The molecule has 0 aliphatic heterocycles. The van der Waals surface area contributed by atoms with Crippen LogP contribution in [0.1, 0.15) is 24.8 Å². The molecule has 0 unspecified atom stereocenters. The maximum absolute atomic E-state index is 13.0. The molecule has 2 aromatic carbocycles. The first-order chi connectivity index (χ1) is 14.8. The molecule has 3 rings (SSSR count). The molecule has 0 radical (unpaired) electrons. The fraction of sp³-hybridized carbons (Fsp3) is 0.435. The molecule has 0 N–H and O–H groups in total. The van der Waals surface area contributed by atoms with Crippen LogP contribution < -0.4 is 8.92 Å². The van der Waals surface area contributed by atoms with Crippen LogP contribution in [0.25, 0.3) is 0 Å². The van der Waals surface area contributed by atoms with Gasteiger partial charge in [-0.15, -0.1) is 0 Å². The number of para-hydroxylation sites is 1. The lowest BCUT2D eigenvalue weighted by Crippen LogP contribution is -2.41. The lowest BCUT2D eigenvalue weighted by Gasteiger charge is -2.32. The lowest BCUT2D eigenvalue weighted by atomic mass is 9.84. The van der Waals surface area contributed by atoms with Crippen LogP contribution in [-0.4, -0.2) is 58.4 Å². The molecular formula is C23H30N2O5S. The number of methoxy groups -OCH3 is 1. The molecule has 0 aromatic heterocycles. The molecule has 2 aromatic rings. The molecule has 1 fully saturated rings. The highest BCUT2D eigenvalue weighted by atomic mass is 32.2. The van der Waals surface area contributed by atoms with E-state index >= 15 is 0 Å². The summed E-state index contributed by atoms with van der Waals surface area (Å²) >= 11 is 0. The Hall–Kier alpha value is -2.58. The number of nitrogens with zero attached hydrogens (tertiary/aromatic N) is 2. The van der Waals surface area contributed by atoms with Crippen LogP contribution in [-0.2, 0) is 21.5 Å². The van der Waals surface area contributed by atoms with Crippen LogP contribution in [0.15, 0.2) is 53.4 Å². The first-order valence-corrected chi connectivity index (χ1v) is 11.8. The van der Waals surface area contributed by atoms with Gasteiger partial charge in [-0.3, -0.25) is 4.79 Å². The van der Waals surface area contributed by atoms with Gasteiger partial charge in [0, 0.05) is 31.1 Å². The van der Waals surface area contributed by atoms with Crippen molar-refractivity contribution < 1.29 is 22.1 Å². The topological polar surface area (TPSA) is 76.2 Å². The van der Waals surface area contributed by atoms with Crippen molar-refractivity contribution in [1.29, 1.82) is 0 Å². The van der Waals surface area contributed by atoms with E-state index in [1.807, 2.05) is 30.0 Å². The minimum absolute atomic E-state index is 0.0399. The Kier molecular flexibility index (Phi) is 7.56. The second-order valence-corrected chi connectivity index (χ2v) is 9.56. The summed E-state index contributed by atoms with van der Waals surface area (Å²) in [6.45, 7) is 1.60. The number of benzene rings is 2. The van der Waals surface area contributed by atoms with Gasteiger partial charge in [0.05, 0.1) is 7.11 Å². The van der Waals surface area contributed by atoms with Crippen molar-refractivity contribution in [3.05, 3.63) is 54.1 Å². The van der Waals surface area contributed by atoms with Gasteiger partial charge in [0.2, 0.25) is 5.91 Å². The van der Waals surface area contributed by atoms with Gasteiger partial charge in [0.15, 0.2) is 0 Å². The summed E-state index contributed by atoms with van der Waals surface area (Å²) < 4.78 is 36.2. The van der Waals surface area contributed by atoms with E-state index in [2.05, 4.69) is 0 Å². The Morgan fingerprint density at radius 2 is 1.71 bits per heavy atom. The number of amides is 1. The number of hydrogen-bond donors (Lipinski definition) is 0. The van der Waals surface area contributed by atoms with Gasteiger partial charge in [-0.05, 0) is 57.3 Å². The summed E-state index contributed by atoms with van der Waals surface area (Å²) in [5.41, 5.74) is 0.658. The highest BCUT2D eigenvalue weighted by molar-refractivity contribution is 7.87. The fourth-order valence-corrected chi connectivity index (χ4v) is 4.30. The van der Waals surface area contributed by atoms with Crippen molar-refractivity contribution in [1.82, 2.24) is 9.80 Å². The van der Waals surface area contributed by atoms with Gasteiger partial charge in [0.1, 0.15) is 16.4 Å². The van der Waals surface area contributed by atoms with Crippen LogP contribution in [0.2, 0.25) is 0 Å². The van der Waals surface area contributed by atoms with E-state index in [0.29, 0.717) is 24.4 Å². The van der Waals surface area contributed by atoms with Crippen molar-refractivity contribution in [2.45, 2.75) is 30.7 Å². The third-order valence-electron chi connectivity index (χ3n) is 5.46. The van der Waals surface area contributed by atoms with E-state index in [1.165, 1.54) is 19.2 Å². The smallest absolute Gasteiger partial charge is 0.339 e. The fourth-order valence-electron chi connectivity index (χ4n) is 3.33. The Bertz CT molecular complexity index is 985. The molecule has 1 aliphatic carbocycles. The summed E-state index contributed by atoms with van der Waals surface area (Å²) in [4.78, 5) is 16.8. The number of rotatable bonds is 10. The molecule has 0 spiro atoms. The zero-order chi connectivity index (χ0) is 22.4. The predicted molar refractivity (Wildman–Crippen MR) is 119 cm³/mol. The minimum Gasteiger partial charge on any atom is -0.497 e. The van der Waals surface area contributed by atoms with E-state index in [4.69, 9.17) is 8.92 Å². The number of carbonyl (C=O) groups excluding carboxylic acids is 1. The van der Waals surface area contributed by atoms with E-state index in [0.717, 1.165) is 25.8 Å². The van der Waals surface area contributed by atoms with Gasteiger partial charge in [-0.25, -0.2) is 0 Å². The third kappa shape index (κ3) is 5.98. The van der Waals surface area contributed by atoms with E-state index in [1.54, 1.807) is 30.3 Å². The van der Waals surface area contributed by atoms with Crippen LogP contribution in [0, 0.1) is 5.92 Å². The van der Waals surface area contributed by atoms with E-state index in [-0.39, 0.29) is 22.5 Å². The molecule has 0 saturated heterocycles. The maximum Gasteiger partial charge on any atom is 0.339 e. The molecule has 1 saturated carbocycles. The van der Waals surface area contributed by atoms with Gasteiger partial charge in [0.25, 0.3) is 0 Å². The zero-order valence-electron chi connectivity index (χ0n) is 18.3. The third-order valence-corrected chi connectivity index (χ3v) is 6.71. The Labute approximate surface area is 184 Å². The summed E-state index contributed by atoms with van der Waals surface area (Å²) in [7, 11) is 1.42. The average Bonchev–Trinajstić information content (AvgIpc) is 2.70. The molecule has 1 aliphatic rings. The molecule has 7 nitrogen and oxygen atoms in total. The number of likely N-dealkylation sites (N-methyl/N-ethyl adjacent to an activating group) is 1. The average molecular weight is 447 g/mol. The molecule has 168 valence electrons. The molecule has 0 atom stereocenters. The number of hydrogen-bond acceptors (Lipinski definition) is 6. The highest BCUT2D eigenvalue weighted by Crippen LogP contribution is 2.30. The normalized spacial score (nSPS) is 14.2. The van der Waals surface area contributed by atoms with Gasteiger partial charge >= 0.3 is 10.1 Å². The number of carbonyl (C=O) groups is 1. The summed E-state index contributed by atoms with van der Waals surface area (Å²) in [6.07, 6.45) is 2.92. The predicted octanol–water partition coefficient (Wildman–Crippen LogP) is 3.15. The van der Waals surface area contributed by atoms with Crippen molar-refractivity contribution in [2.24, 2.45) is 5.92 Å². The van der Waals surface area contributed by atoms with E-state index < -0.39 is 10.1 Å². The molecule has 0 bridgehead atoms. The van der Waals surface area contributed by atoms with Crippen molar-refractivity contribution in [2.75, 3.05) is 34.3 Å². The van der Waals surface area contributed by atoms with Crippen molar-refractivity contribution >= 4 is 16.0 Å². The van der Waals surface area contributed by atoms with Crippen LogP contribution in [0.5, 0.6) is 11.5 Å². The second-order valence-electron chi connectivity index (χ2n) is 8.01. The van der Waals surface area contributed by atoms with Crippen LogP contribution in [0.4, 0.5) is 0 Å². The highest BCUT2D eigenvalue weighted by Gasteiger charge is 2.30. The number of ether oxygens (including phenoxy) is 1. The molecular weight excluding hydrogens is 416 g/mol. The molecule has 1 amide bonds. The summed E-state index contributed by atoms with van der Waals surface area (Å²) in [5, 5.41) is 0. The minimum atomic E-state index is -4.02. The van der Waals surface area contributed by atoms with Gasteiger partial charge < -0.3 is 18.7 Å². The van der Waals surface area contributed by atoms with Crippen molar-refractivity contribution in [3.8, 4) is 11.5 Å². The molecule has 8 heteroatoms. The van der Waals surface area contributed by atoms with Gasteiger partial charge in [-0.1, -0.05) is 24.6 Å². The lowest BCUT2D eigenvalue weighted by molar-refractivity contribution is -0.139. The molecule has 31 heavy (non-hydrogen) atoms. The quantitative estimate of drug-likeness (QED) is 0.522. The van der Waals surface area contributed by atoms with Crippen LogP contribution in [0.3, 0.4) is 0 Å². The largest absolute Gasteiger partial charge is 0.497 e. The monoisotopic (exact) mass is 446 g/mol. The Morgan fingerprint density at radius 1 is 1.03 bits per heavy atom. The maximum atomic E-state index is 13.0. The second kappa shape index (κ2) is 10.2. The van der Waals surface area contributed by atoms with E-state index in [9.17, 15) is 13.2 Å².